The average Bonchev–Trinajstić information content (AvgIpc) is 2.39. The number of carbonyl (C=O) groups excluding carboxylic acids is 2. The van der Waals surface area contributed by atoms with Crippen molar-refractivity contribution >= 4 is 12.1 Å². The zero-order valence-electron chi connectivity index (χ0n) is 12.3. The van der Waals surface area contributed by atoms with Crippen molar-refractivity contribution in [2.45, 2.75) is 32.5 Å². The van der Waals surface area contributed by atoms with Crippen molar-refractivity contribution in [3.05, 3.63) is 35.9 Å². The van der Waals surface area contributed by atoms with Crippen molar-refractivity contribution in [2.75, 3.05) is 14.1 Å². The number of hydrogen-bond donors (Lipinski definition) is 0. The van der Waals surface area contributed by atoms with Gasteiger partial charge in [0, 0.05) is 20.5 Å². The Bertz CT molecular complexity index is 444. The van der Waals surface area contributed by atoms with Crippen molar-refractivity contribution < 1.29 is 19.1 Å². The predicted molar refractivity (Wildman–Crippen MR) is 75.6 cm³/mol. The van der Waals surface area contributed by atoms with Gasteiger partial charge in [-0.05, 0) is 26.0 Å². The summed E-state index contributed by atoms with van der Waals surface area (Å²) in [6, 6.07) is 8.80. The van der Waals surface area contributed by atoms with E-state index in [1.807, 2.05) is 6.07 Å². The molecule has 1 aromatic rings. The Morgan fingerprint density at radius 2 is 1.60 bits per heavy atom. The summed E-state index contributed by atoms with van der Waals surface area (Å²) in [6.45, 7) is 3.55. The highest BCUT2D eigenvalue weighted by Crippen LogP contribution is 2.10. The van der Waals surface area contributed by atoms with E-state index in [0.717, 1.165) is 0 Å². The van der Waals surface area contributed by atoms with E-state index in [2.05, 4.69) is 0 Å². The maximum absolute atomic E-state index is 11.8. The monoisotopic (exact) mass is 279 g/mol. The molecule has 20 heavy (non-hydrogen) atoms. The molecule has 0 aliphatic rings. The van der Waals surface area contributed by atoms with Gasteiger partial charge in [0.1, 0.15) is 12.2 Å². The van der Waals surface area contributed by atoms with E-state index < -0.39 is 6.09 Å². The number of ether oxygens (including phenoxy) is 2. The van der Waals surface area contributed by atoms with Crippen molar-refractivity contribution in [1.82, 2.24) is 4.90 Å². The van der Waals surface area contributed by atoms with E-state index in [-0.39, 0.29) is 18.2 Å². The normalized spacial score (nSPS) is 13.2. The Hall–Kier alpha value is -2.04. The lowest BCUT2D eigenvalue weighted by atomic mass is 10.2. The Balaban J connectivity index is 2.42. The lowest BCUT2D eigenvalue weighted by Gasteiger charge is -2.20. The summed E-state index contributed by atoms with van der Waals surface area (Å²) >= 11 is 0. The van der Waals surface area contributed by atoms with E-state index in [1.165, 1.54) is 4.90 Å². The van der Waals surface area contributed by atoms with Gasteiger partial charge in [-0.25, -0.2) is 9.59 Å². The molecule has 0 aromatic heterocycles. The minimum absolute atomic E-state index is 0.316. The van der Waals surface area contributed by atoms with Crippen LogP contribution in [0.4, 0.5) is 4.79 Å². The van der Waals surface area contributed by atoms with E-state index in [9.17, 15) is 9.59 Å². The summed E-state index contributed by atoms with van der Waals surface area (Å²) in [7, 11) is 3.24. The molecule has 0 saturated heterocycles. The van der Waals surface area contributed by atoms with Gasteiger partial charge in [-0.1, -0.05) is 18.2 Å². The molecule has 2 atom stereocenters. The van der Waals surface area contributed by atoms with E-state index in [4.69, 9.17) is 9.47 Å². The molecule has 0 fully saturated rings. The minimum Gasteiger partial charge on any atom is -0.459 e. The Kier molecular flexibility index (Phi) is 6.03. The van der Waals surface area contributed by atoms with Crippen LogP contribution in [0.15, 0.2) is 30.3 Å². The first-order valence-corrected chi connectivity index (χ1v) is 6.54. The van der Waals surface area contributed by atoms with Gasteiger partial charge in [-0.15, -0.1) is 0 Å². The van der Waals surface area contributed by atoms with Crippen LogP contribution < -0.4 is 0 Å². The van der Waals surface area contributed by atoms with E-state index >= 15 is 0 Å². The molecule has 0 saturated carbocycles. The summed E-state index contributed by atoms with van der Waals surface area (Å²) in [5, 5.41) is 0. The number of rotatable bonds is 5. The molecule has 5 nitrogen and oxygen atoms in total. The highest BCUT2D eigenvalue weighted by Gasteiger charge is 2.17. The van der Waals surface area contributed by atoms with Crippen LogP contribution in [0.3, 0.4) is 0 Å². The molecule has 0 bridgehead atoms. The number of nitrogens with zero attached hydrogens (tertiary/aromatic N) is 1. The zero-order chi connectivity index (χ0) is 15.1. The molecule has 0 spiro atoms. The standard InChI is InChI=1S/C15H21NO4/c1-11(10-12(2)20-15(18)16(3)4)19-14(17)13-8-6-5-7-9-13/h5-9,11-12H,10H2,1-4H3. The minimum atomic E-state index is -0.404. The van der Waals surface area contributed by atoms with Gasteiger partial charge in [0.15, 0.2) is 0 Å². The van der Waals surface area contributed by atoms with Gasteiger partial charge in [0.2, 0.25) is 0 Å². The van der Waals surface area contributed by atoms with Gasteiger partial charge in [-0.3, -0.25) is 0 Å². The fourth-order valence-electron chi connectivity index (χ4n) is 1.67. The Labute approximate surface area is 119 Å². The van der Waals surface area contributed by atoms with Crippen LogP contribution in [0, 0.1) is 0 Å². The molecular formula is C15H21NO4. The van der Waals surface area contributed by atoms with Crippen molar-refractivity contribution in [3.8, 4) is 0 Å². The second-order valence-corrected chi connectivity index (χ2v) is 4.91. The van der Waals surface area contributed by atoms with Crippen LogP contribution in [0.2, 0.25) is 0 Å². The molecule has 1 aromatic carbocycles. The van der Waals surface area contributed by atoms with Crippen LogP contribution in [0.5, 0.6) is 0 Å². The van der Waals surface area contributed by atoms with Crippen molar-refractivity contribution in [3.63, 3.8) is 0 Å². The first kappa shape index (κ1) is 16.0. The largest absolute Gasteiger partial charge is 0.459 e. The van der Waals surface area contributed by atoms with Gasteiger partial charge in [0.05, 0.1) is 5.56 Å². The number of carbonyl (C=O) groups is 2. The highest BCUT2D eigenvalue weighted by atomic mass is 16.6. The summed E-state index contributed by atoms with van der Waals surface area (Å²) in [4.78, 5) is 24.6. The molecule has 1 amide bonds. The molecule has 2 unspecified atom stereocenters. The smallest absolute Gasteiger partial charge is 0.409 e. The van der Waals surface area contributed by atoms with Crippen LogP contribution >= 0.6 is 0 Å². The van der Waals surface area contributed by atoms with Gasteiger partial charge >= 0.3 is 12.1 Å². The van der Waals surface area contributed by atoms with Crippen LogP contribution in [-0.4, -0.2) is 43.3 Å². The second kappa shape index (κ2) is 7.53. The third-order valence-corrected chi connectivity index (χ3v) is 2.65. The SMILES string of the molecule is CC(CC(C)OC(=O)N(C)C)OC(=O)c1ccccc1. The van der Waals surface area contributed by atoms with Gasteiger partial charge < -0.3 is 14.4 Å². The summed E-state index contributed by atoms with van der Waals surface area (Å²) in [5.74, 6) is -0.371. The Morgan fingerprint density at radius 3 is 2.15 bits per heavy atom. The fourth-order valence-corrected chi connectivity index (χ4v) is 1.67. The topological polar surface area (TPSA) is 55.8 Å². The number of esters is 1. The first-order chi connectivity index (χ1) is 9.40. The van der Waals surface area contributed by atoms with E-state index in [0.29, 0.717) is 12.0 Å². The average molecular weight is 279 g/mol. The Morgan fingerprint density at radius 1 is 1.05 bits per heavy atom. The van der Waals surface area contributed by atoms with E-state index in [1.54, 1.807) is 52.2 Å². The molecule has 0 N–H and O–H groups in total. The van der Waals surface area contributed by atoms with Crippen LogP contribution in [0.25, 0.3) is 0 Å². The third-order valence-electron chi connectivity index (χ3n) is 2.65. The maximum atomic E-state index is 11.8. The molecule has 0 heterocycles. The van der Waals surface area contributed by atoms with Crippen molar-refractivity contribution in [2.24, 2.45) is 0 Å². The number of hydrogen-bond acceptors (Lipinski definition) is 4. The lowest BCUT2D eigenvalue weighted by molar-refractivity contribution is 0.0157. The van der Waals surface area contributed by atoms with Crippen LogP contribution in [-0.2, 0) is 9.47 Å². The van der Waals surface area contributed by atoms with Crippen molar-refractivity contribution in [1.29, 1.82) is 0 Å². The quantitative estimate of drug-likeness (QED) is 0.778. The maximum Gasteiger partial charge on any atom is 0.409 e. The molecule has 110 valence electrons. The predicted octanol–water partition coefficient (Wildman–Crippen LogP) is 2.71. The molecule has 0 aliphatic carbocycles. The summed E-state index contributed by atoms with van der Waals surface area (Å²) < 4.78 is 10.5. The highest BCUT2D eigenvalue weighted by molar-refractivity contribution is 5.89. The summed E-state index contributed by atoms with van der Waals surface area (Å²) in [5.41, 5.74) is 0.511. The summed E-state index contributed by atoms with van der Waals surface area (Å²) in [6.07, 6.45) is -0.590. The van der Waals surface area contributed by atoms with Crippen LogP contribution in [0.1, 0.15) is 30.6 Å². The molecule has 1 rings (SSSR count). The number of benzene rings is 1. The molecule has 0 aliphatic heterocycles. The first-order valence-electron chi connectivity index (χ1n) is 6.54. The zero-order valence-corrected chi connectivity index (χ0v) is 12.3. The van der Waals surface area contributed by atoms with Gasteiger partial charge in [0.25, 0.3) is 0 Å². The molecular weight excluding hydrogens is 258 g/mol. The third kappa shape index (κ3) is 5.30. The fraction of sp³-hybridized carbons (Fsp3) is 0.467. The second-order valence-electron chi connectivity index (χ2n) is 4.91. The lowest BCUT2D eigenvalue weighted by Crippen LogP contribution is -2.29. The number of amides is 1. The molecule has 0 radical (unpaired) electrons. The van der Waals surface area contributed by atoms with Gasteiger partial charge in [-0.2, -0.15) is 0 Å². The molecule has 5 heteroatoms.